The van der Waals surface area contributed by atoms with Crippen molar-refractivity contribution >= 4 is 17.9 Å². The molecule has 23 heavy (non-hydrogen) atoms. The Labute approximate surface area is 136 Å². The van der Waals surface area contributed by atoms with E-state index in [0.717, 1.165) is 12.0 Å². The lowest BCUT2D eigenvalue weighted by atomic mass is 10.1. The van der Waals surface area contributed by atoms with Crippen LogP contribution in [0.5, 0.6) is 0 Å². The molecule has 0 saturated carbocycles. The van der Waals surface area contributed by atoms with Crippen LogP contribution in [0.15, 0.2) is 24.3 Å². The molecule has 0 spiro atoms. The molecule has 0 aliphatic rings. The van der Waals surface area contributed by atoms with Crippen LogP contribution in [0.25, 0.3) is 0 Å². The first kappa shape index (κ1) is 18.7. The van der Waals surface area contributed by atoms with Gasteiger partial charge in [-0.1, -0.05) is 19.1 Å². The SMILES string of the molecule is CCc1ccc(C(=O)OC(C)C(=O)NC(=O)NC(C)(C)C)cc1. The fourth-order valence-corrected chi connectivity index (χ4v) is 1.74. The smallest absolute Gasteiger partial charge is 0.338 e. The molecule has 0 aromatic heterocycles. The van der Waals surface area contributed by atoms with Gasteiger partial charge in [0.1, 0.15) is 0 Å². The van der Waals surface area contributed by atoms with Gasteiger partial charge in [0.2, 0.25) is 0 Å². The minimum atomic E-state index is -1.07. The van der Waals surface area contributed by atoms with E-state index in [2.05, 4.69) is 10.6 Å². The predicted octanol–water partition coefficient (Wildman–Crippen LogP) is 2.42. The van der Waals surface area contributed by atoms with Crippen molar-refractivity contribution in [3.05, 3.63) is 35.4 Å². The maximum absolute atomic E-state index is 12.0. The van der Waals surface area contributed by atoms with Crippen molar-refractivity contribution in [1.82, 2.24) is 10.6 Å². The van der Waals surface area contributed by atoms with Crippen LogP contribution in [-0.4, -0.2) is 29.6 Å². The molecule has 1 aromatic carbocycles. The van der Waals surface area contributed by atoms with Gasteiger partial charge >= 0.3 is 12.0 Å². The van der Waals surface area contributed by atoms with Crippen LogP contribution >= 0.6 is 0 Å². The molecule has 2 N–H and O–H groups in total. The lowest BCUT2D eigenvalue weighted by Crippen LogP contribution is -2.50. The number of esters is 1. The molecule has 0 saturated heterocycles. The summed E-state index contributed by atoms with van der Waals surface area (Å²) in [5, 5.41) is 4.74. The highest BCUT2D eigenvalue weighted by Gasteiger charge is 2.22. The number of urea groups is 1. The Morgan fingerprint density at radius 1 is 1.13 bits per heavy atom. The molecule has 0 aliphatic carbocycles. The van der Waals surface area contributed by atoms with E-state index in [1.807, 2.05) is 19.1 Å². The summed E-state index contributed by atoms with van der Waals surface area (Å²) in [7, 11) is 0. The summed E-state index contributed by atoms with van der Waals surface area (Å²) in [5.74, 6) is -1.28. The third kappa shape index (κ3) is 6.50. The molecule has 3 amide bonds. The number of amides is 3. The molecular weight excluding hydrogens is 296 g/mol. The molecule has 0 heterocycles. The topological polar surface area (TPSA) is 84.5 Å². The van der Waals surface area contributed by atoms with Gasteiger partial charge in [0.25, 0.3) is 5.91 Å². The van der Waals surface area contributed by atoms with E-state index in [-0.39, 0.29) is 0 Å². The standard InChI is InChI=1S/C17H24N2O4/c1-6-12-7-9-13(10-8-12)15(21)23-11(2)14(20)18-16(22)19-17(3,4)5/h7-11H,6H2,1-5H3,(H2,18,19,20,22). The van der Waals surface area contributed by atoms with Gasteiger partial charge in [-0.15, -0.1) is 0 Å². The van der Waals surface area contributed by atoms with Crippen molar-refractivity contribution in [3.63, 3.8) is 0 Å². The fourth-order valence-electron chi connectivity index (χ4n) is 1.74. The van der Waals surface area contributed by atoms with Crippen LogP contribution in [0, 0.1) is 0 Å². The number of hydrogen-bond acceptors (Lipinski definition) is 4. The molecule has 126 valence electrons. The minimum absolute atomic E-state index is 0.362. The van der Waals surface area contributed by atoms with Crippen LogP contribution in [0.4, 0.5) is 4.79 Å². The number of rotatable bonds is 4. The number of carbonyl (C=O) groups excluding carboxylic acids is 3. The Morgan fingerprint density at radius 2 is 1.70 bits per heavy atom. The zero-order valence-electron chi connectivity index (χ0n) is 14.2. The van der Waals surface area contributed by atoms with Crippen LogP contribution < -0.4 is 10.6 Å². The van der Waals surface area contributed by atoms with Crippen LogP contribution in [-0.2, 0) is 16.0 Å². The average molecular weight is 320 g/mol. The van der Waals surface area contributed by atoms with Gasteiger partial charge in [-0.3, -0.25) is 10.1 Å². The van der Waals surface area contributed by atoms with E-state index in [9.17, 15) is 14.4 Å². The van der Waals surface area contributed by atoms with E-state index in [1.165, 1.54) is 6.92 Å². The second kappa shape index (κ2) is 7.76. The van der Waals surface area contributed by atoms with Gasteiger partial charge in [-0.05, 0) is 51.8 Å². The molecule has 0 aliphatic heterocycles. The van der Waals surface area contributed by atoms with Crippen molar-refractivity contribution in [2.24, 2.45) is 0 Å². The number of benzene rings is 1. The molecule has 0 radical (unpaired) electrons. The summed E-state index contributed by atoms with van der Waals surface area (Å²) < 4.78 is 5.07. The lowest BCUT2D eigenvalue weighted by Gasteiger charge is -2.21. The quantitative estimate of drug-likeness (QED) is 0.834. The van der Waals surface area contributed by atoms with E-state index < -0.39 is 29.6 Å². The predicted molar refractivity (Wildman–Crippen MR) is 87.1 cm³/mol. The number of carbonyl (C=O) groups is 3. The van der Waals surface area contributed by atoms with Crippen molar-refractivity contribution in [2.45, 2.75) is 52.7 Å². The molecule has 1 atom stereocenters. The van der Waals surface area contributed by atoms with E-state index in [4.69, 9.17) is 4.74 Å². The van der Waals surface area contributed by atoms with E-state index in [1.54, 1.807) is 32.9 Å². The maximum Gasteiger partial charge on any atom is 0.338 e. The van der Waals surface area contributed by atoms with E-state index >= 15 is 0 Å². The Bertz CT molecular complexity index is 573. The molecule has 1 unspecified atom stereocenters. The summed E-state index contributed by atoms with van der Waals surface area (Å²) in [6.45, 7) is 8.81. The van der Waals surface area contributed by atoms with Crippen LogP contribution in [0.1, 0.15) is 50.5 Å². The summed E-state index contributed by atoms with van der Waals surface area (Å²) in [5.41, 5.74) is 0.998. The van der Waals surface area contributed by atoms with Crippen molar-refractivity contribution in [3.8, 4) is 0 Å². The van der Waals surface area contributed by atoms with E-state index in [0.29, 0.717) is 5.56 Å². The second-order valence-electron chi connectivity index (χ2n) is 6.29. The highest BCUT2D eigenvalue weighted by Crippen LogP contribution is 2.08. The monoisotopic (exact) mass is 320 g/mol. The summed E-state index contributed by atoms with van der Waals surface area (Å²) >= 11 is 0. The first-order valence-corrected chi connectivity index (χ1v) is 7.55. The Kier molecular flexibility index (Phi) is 6.30. The lowest BCUT2D eigenvalue weighted by molar-refractivity contribution is -0.127. The zero-order valence-corrected chi connectivity index (χ0v) is 14.2. The number of aryl methyl sites for hydroxylation is 1. The maximum atomic E-state index is 12.0. The highest BCUT2D eigenvalue weighted by atomic mass is 16.5. The van der Waals surface area contributed by atoms with Crippen molar-refractivity contribution in [1.29, 1.82) is 0 Å². The molecule has 0 fully saturated rings. The minimum Gasteiger partial charge on any atom is -0.449 e. The molecule has 1 aromatic rings. The third-order valence-corrected chi connectivity index (χ3v) is 2.98. The largest absolute Gasteiger partial charge is 0.449 e. The number of imide groups is 1. The van der Waals surface area contributed by atoms with Crippen LogP contribution in [0.3, 0.4) is 0 Å². The Morgan fingerprint density at radius 3 is 2.17 bits per heavy atom. The van der Waals surface area contributed by atoms with Crippen molar-refractivity contribution < 1.29 is 19.1 Å². The summed E-state index contributed by atoms with van der Waals surface area (Å²) in [6, 6.07) is 6.34. The van der Waals surface area contributed by atoms with Gasteiger partial charge in [-0.25, -0.2) is 9.59 Å². The van der Waals surface area contributed by atoms with Gasteiger partial charge in [0, 0.05) is 5.54 Å². The normalized spacial score (nSPS) is 12.2. The Hall–Kier alpha value is -2.37. The van der Waals surface area contributed by atoms with Gasteiger partial charge in [0.15, 0.2) is 6.10 Å². The first-order chi connectivity index (χ1) is 10.6. The number of hydrogen-bond donors (Lipinski definition) is 2. The summed E-state index contributed by atoms with van der Waals surface area (Å²) in [6.07, 6.45) is -0.198. The van der Waals surface area contributed by atoms with Gasteiger partial charge < -0.3 is 10.1 Å². The second-order valence-corrected chi connectivity index (χ2v) is 6.29. The molecule has 6 nitrogen and oxygen atoms in total. The number of nitrogens with one attached hydrogen (secondary N) is 2. The van der Waals surface area contributed by atoms with Gasteiger partial charge in [-0.2, -0.15) is 0 Å². The molecular formula is C17H24N2O4. The van der Waals surface area contributed by atoms with Gasteiger partial charge in [0.05, 0.1) is 5.56 Å². The van der Waals surface area contributed by atoms with Crippen molar-refractivity contribution in [2.75, 3.05) is 0 Å². The Balaban J connectivity index is 2.56. The third-order valence-electron chi connectivity index (χ3n) is 2.98. The zero-order chi connectivity index (χ0) is 17.6. The molecule has 0 bridgehead atoms. The number of ether oxygens (including phenoxy) is 1. The van der Waals surface area contributed by atoms with Crippen LogP contribution in [0.2, 0.25) is 0 Å². The molecule has 1 rings (SSSR count). The average Bonchev–Trinajstić information content (AvgIpc) is 2.45. The highest BCUT2D eigenvalue weighted by molar-refractivity contribution is 5.98. The molecule has 6 heteroatoms. The fraction of sp³-hybridized carbons (Fsp3) is 0.471. The summed E-state index contributed by atoms with van der Waals surface area (Å²) in [4.78, 5) is 35.4. The first-order valence-electron chi connectivity index (χ1n) is 7.55.